The SMILES string of the molecule is Cc1ccc(N(c2cc(C)cc(C)c2)c2ccc3c(c2)C(C)(C)c2ccccc2-3)cc1. The second-order valence-corrected chi connectivity index (χ2v) is 9.42. The van der Waals surface area contributed by atoms with Crippen molar-refractivity contribution in [3.05, 3.63) is 113 Å². The van der Waals surface area contributed by atoms with Crippen molar-refractivity contribution in [1.29, 1.82) is 0 Å². The van der Waals surface area contributed by atoms with Crippen molar-refractivity contribution in [3.8, 4) is 11.1 Å². The van der Waals surface area contributed by atoms with Crippen molar-refractivity contribution < 1.29 is 0 Å². The van der Waals surface area contributed by atoms with Gasteiger partial charge in [-0.25, -0.2) is 0 Å². The van der Waals surface area contributed by atoms with Crippen LogP contribution in [0.2, 0.25) is 0 Å². The first kappa shape index (κ1) is 19.6. The van der Waals surface area contributed by atoms with Gasteiger partial charge in [-0.05, 0) is 90.6 Å². The molecule has 1 aliphatic carbocycles. The lowest BCUT2D eigenvalue weighted by atomic mass is 9.82. The summed E-state index contributed by atoms with van der Waals surface area (Å²) in [5.41, 5.74) is 12.9. The van der Waals surface area contributed by atoms with Crippen LogP contribution in [0.25, 0.3) is 11.1 Å². The largest absolute Gasteiger partial charge is 0.310 e. The second kappa shape index (κ2) is 7.13. The quantitative estimate of drug-likeness (QED) is 0.332. The van der Waals surface area contributed by atoms with Crippen molar-refractivity contribution in [2.45, 2.75) is 40.0 Å². The lowest BCUT2D eigenvalue weighted by Gasteiger charge is -2.28. The number of hydrogen-bond acceptors (Lipinski definition) is 1. The van der Waals surface area contributed by atoms with E-state index in [4.69, 9.17) is 0 Å². The van der Waals surface area contributed by atoms with E-state index in [-0.39, 0.29) is 5.41 Å². The minimum absolute atomic E-state index is 0.0105. The molecule has 0 N–H and O–H groups in total. The monoisotopic (exact) mass is 403 g/mol. The van der Waals surface area contributed by atoms with E-state index in [1.54, 1.807) is 0 Å². The number of fused-ring (bicyclic) bond motifs is 3. The molecule has 4 aromatic rings. The van der Waals surface area contributed by atoms with Gasteiger partial charge in [-0.1, -0.05) is 67.9 Å². The molecule has 0 bridgehead atoms. The van der Waals surface area contributed by atoms with Crippen molar-refractivity contribution in [2.75, 3.05) is 4.90 Å². The zero-order valence-corrected chi connectivity index (χ0v) is 19.0. The Morgan fingerprint density at radius 1 is 0.516 bits per heavy atom. The maximum atomic E-state index is 2.40. The highest BCUT2D eigenvalue weighted by Gasteiger charge is 2.35. The van der Waals surface area contributed by atoms with Crippen molar-refractivity contribution in [3.63, 3.8) is 0 Å². The molecule has 0 aliphatic heterocycles. The van der Waals surface area contributed by atoms with Gasteiger partial charge in [0.25, 0.3) is 0 Å². The number of aryl methyl sites for hydroxylation is 3. The molecule has 1 nitrogen and oxygen atoms in total. The Hall–Kier alpha value is -3.32. The van der Waals surface area contributed by atoms with Crippen molar-refractivity contribution in [2.24, 2.45) is 0 Å². The molecule has 1 heteroatoms. The number of anilines is 3. The molecule has 0 atom stereocenters. The number of benzene rings is 4. The van der Waals surface area contributed by atoms with Gasteiger partial charge in [0.15, 0.2) is 0 Å². The summed E-state index contributed by atoms with van der Waals surface area (Å²) in [6.07, 6.45) is 0. The van der Waals surface area contributed by atoms with Crippen LogP contribution in [-0.2, 0) is 5.41 Å². The van der Waals surface area contributed by atoms with E-state index in [0.717, 1.165) is 0 Å². The molecular weight excluding hydrogens is 374 g/mol. The minimum Gasteiger partial charge on any atom is -0.310 e. The highest BCUT2D eigenvalue weighted by atomic mass is 15.1. The molecule has 0 spiro atoms. The predicted octanol–water partition coefficient (Wildman–Crippen LogP) is 8.39. The Kier molecular flexibility index (Phi) is 4.51. The average molecular weight is 404 g/mol. The van der Waals surface area contributed by atoms with Gasteiger partial charge in [-0.2, -0.15) is 0 Å². The number of nitrogens with zero attached hydrogens (tertiary/aromatic N) is 1. The second-order valence-electron chi connectivity index (χ2n) is 9.42. The van der Waals surface area contributed by atoms with E-state index in [1.807, 2.05) is 0 Å². The summed E-state index contributed by atoms with van der Waals surface area (Å²) >= 11 is 0. The van der Waals surface area contributed by atoms with E-state index in [9.17, 15) is 0 Å². The maximum absolute atomic E-state index is 2.40. The third-order valence-electron chi connectivity index (χ3n) is 6.58. The van der Waals surface area contributed by atoms with Crippen molar-refractivity contribution >= 4 is 17.1 Å². The summed E-state index contributed by atoms with van der Waals surface area (Å²) in [6.45, 7) is 11.2. The van der Waals surface area contributed by atoms with Crippen LogP contribution in [-0.4, -0.2) is 0 Å². The first-order chi connectivity index (χ1) is 14.8. The standard InChI is InChI=1S/C30H29N/c1-20-10-12-23(13-11-20)31(25-17-21(2)16-22(3)18-25)24-14-15-27-26-8-6-7-9-28(26)30(4,5)29(27)19-24/h6-19H,1-5H3. The van der Waals surface area contributed by atoms with Gasteiger partial charge in [0.2, 0.25) is 0 Å². The number of hydrogen-bond donors (Lipinski definition) is 0. The lowest BCUT2D eigenvalue weighted by molar-refractivity contribution is 0.660. The summed E-state index contributed by atoms with van der Waals surface area (Å²) in [4.78, 5) is 2.39. The predicted molar refractivity (Wildman–Crippen MR) is 133 cm³/mol. The maximum Gasteiger partial charge on any atom is 0.0466 e. The minimum atomic E-state index is -0.0105. The van der Waals surface area contributed by atoms with E-state index >= 15 is 0 Å². The first-order valence-electron chi connectivity index (χ1n) is 11.0. The van der Waals surface area contributed by atoms with E-state index in [2.05, 4.69) is 124 Å². The zero-order valence-electron chi connectivity index (χ0n) is 19.0. The molecule has 0 radical (unpaired) electrons. The van der Waals surface area contributed by atoms with Gasteiger partial charge in [-0.15, -0.1) is 0 Å². The molecule has 0 amide bonds. The Balaban J connectivity index is 1.71. The summed E-state index contributed by atoms with van der Waals surface area (Å²) in [5, 5.41) is 0. The highest BCUT2D eigenvalue weighted by Crippen LogP contribution is 2.50. The fraction of sp³-hybridized carbons (Fsp3) is 0.200. The Labute approximate surface area is 186 Å². The molecule has 5 rings (SSSR count). The fourth-order valence-electron chi connectivity index (χ4n) is 5.05. The van der Waals surface area contributed by atoms with Crippen molar-refractivity contribution in [1.82, 2.24) is 0 Å². The van der Waals surface area contributed by atoms with Crippen LogP contribution in [0.4, 0.5) is 17.1 Å². The Bertz CT molecular complexity index is 1260. The van der Waals surface area contributed by atoms with Gasteiger partial charge in [-0.3, -0.25) is 0 Å². The van der Waals surface area contributed by atoms with Crippen LogP contribution in [0.5, 0.6) is 0 Å². The Morgan fingerprint density at radius 3 is 1.84 bits per heavy atom. The van der Waals surface area contributed by atoms with Gasteiger partial charge >= 0.3 is 0 Å². The third kappa shape index (κ3) is 3.25. The molecule has 0 unspecified atom stereocenters. The highest BCUT2D eigenvalue weighted by molar-refractivity contribution is 5.85. The molecular formula is C30H29N. The molecule has 154 valence electrons. The lowest BCUT2D eigenvalue weighted by Crippen LogP contribution is -2.16. The fourth-order valence-corrected chi connectivity index (χ4v) is 5.05. The van der Waals surface area contributed by atoms with Gasteiger partial charge in [0.05, 0.1) is 0 Å². The third-order valence-corrected chi connectivity index (χ3v) is 6.58. The first-order valence-corrected chi connectivity index (χ1v) is 11.0. The normalized spacial score (nSPS) is 13.6. The average Bonchev–Trinajstić information content (AvgIpc) is 2.96. The van der Waals surface area contributed by atoms with Gasteiger partial charge < -0.3 is 4.90 Å². The van der Waals surface area contributed by atoms with Crippen LogP contribution in [0.1, 0.15) is 41.7 Å². The molecule has 0 heterocycles. The van der Waals surface area contributed by atoms with Gasteiger partial charge in [0.1, 0.15) is 0 Å². The topological polar surface area (TPSA) is 3.24 Å². The molecule has 0 fully saturated rings. The number of rotatable bonds is 3. The molecule has 0 saturated carbocycles. The van der Waals surface area contributed by atoms with E-state index in [0.29, 0.717) is 0 Å². The van der Waals surface area contributed by atoms with Gasteiger partial charge in [0, 0.05) is 22.5 Å². The van der Waals surface area contributed by atoms with Crippen LogP contribution < -0.4 is 4.90 Å². The molecule has 1 aliphatic rings. The summed E-state index contributed by atoms with van der Waals surface area (Å²) in [5.74, 6) is 0. The Morgan fingerprint density at radius 2 is 1.13 bits per heavy atom. The van der Waals surface area contributed by atoms with Crippen LogP contribution in [0.15, 0.2) is 84.9 Å². The molecule has 31 heavy (non-hydrogen) atoms. The van der Waals surface area contributed by atoms with Crippen LogP contribution in [0.3, 0.4) is 0 Å². The smallest absolute Gasteiger partial charge is 0.0466 e. The summed E-state index contributed by atoms with van der Waals surface area (Å²) in [7, 11) is 0. The van der Waals surface area contributed by atoms with E-state index in [1.165, 1.54) is 56.0 Å². The molecule has 0 aromatic heterocycles. The molecule has 0 saturated heterocycles. The molecule has 4 aromatic carbocycles. The summed E-state index contributed by atoms with van der Waals surface area (Å²) < 4.78 is 0. The zero-order chi connectivity index (χ0) is 21.8. The van der Waals surface area contributed by atoms with Crippen LogP contribution >= 0.6 is 0 Å². The van der Waals surface area contributed by atoms with Crippen LogP contribution in [0, 0.1) is 20.8 Å². The van der Waals surface area contributed by atoms with E-state index < -0.39 is 0 Å². The summed E-state index contributed by atoms with van der Waals surface area (Å²) in [6, 6.07) is 31.4.